The normalized spacial score (nSPS) is 38.2. The van der Waals surface area contributed by atoms with E-state index >= 15 is 0 Å². The Kier molecular flexibility index (Phi) is 1.40. The Hall–Kier alpha value is -0.530. The van der Waals surface area contributed by atoms with Gasteiger partial charge in [0, 0.05) is 12.1 Å². The summed E-state index contributed by atoms with van der Waals surface area (Å²) in [5.74, 6) is 0. The summed E-state index contributed by atoms with van der Waals surface area (Å²) in [6.07, 6.45) is 8.03. The molecular formula is C8H12NO. The molecule has 2 rings (SSSR count). The van der Waals surface area contributed by atoms with Gasteiger partial charge in [0.15, 0.2) is 0 Å². The maximum absolute atomic E-state index is 10.5. The first-order valence-electron chi connectivity index (χ1n) is 3.96. The Bertz CT molecular complexity index is 130. The van der Waals surface area contributed by atoms with E-state index in [-0.39, 0.29) is 0 Å². The van der Waals surface area contributed by atoms with Crippen molar-refractivity contribution in [2.45, 2.75) is 37.8 Å². The van der Waals surface area contributed by atoms with Crippen LogP contribution < -0.4 is 0 Å². The minimum absolute atomic E-state index is 0.552. The lowest BCUT2D eigenvalue weighted by Crippen LogP contribution is -2.38. The van der Waals surface area contributed by atoms with E-state index in [1.54, 1.807) is 0 Å². The third kappa shape index (κ3) is 0.746. The fourth-order valence-electron chi connectivity index (χ4n) is 2.11. The summed E-state index contributed by atoms with van der Waals surface area (Å²) in [5, 5.41) is 0. The molecule has 2 atom stereocenters. The highest BCUT2D eigenvalue weighted by molar-refractivity contribution is 5.50. The fourth-order valence-corrected chi connectivity index (χ4v) is 2.11. The van der Waals surface area contributed by atoms with Crippen LogP contribution in [0.5, 0.6) is 0 Å². The van der Waals surface area contributed by atoms with Crippen molar-refractivity contribution in [2.24, 2.45) is 0 Å². The van der Waals surface area contributed by atoms with Gasteiger partial charge in [0.25, 0.3) is 0 Å². The first kappa shape index (κ1) is 6.20. The Morgan fingerprint density at radius 1 is 1.30 bits per heavy atom. The Labute approximate surface area is 61.2 Å². The smallest absolute Gasteiger partial charge is 0.210 e. The molecule has 10 heavy (non-hydrogen) atoms. The number of fused-ring (bicyclic) bond motifs is 2. The topological polar surface area (TPSA) is 20.3 Å². The van der Waals surface area contributed by atoms with Gasteiger partial charge < -0.3 is 4.90 Å². The summed E-state index contributed by atoms with van der Waals surface area (Å²) in [7, 11) is 0. The van der Waals surface area contributed by atoms with E-state index in [1.807, 2.05) is 4.90 Å². The summed E-state index contributed by atoms with van der Waals surface area (Å²) in [6.45, 7) is 0. The van der Waals surface area contributed by atoms with Gasteiger partial charge in [0.2, 0.25) is 6.41 Å². The number of hydrogen-bond acceptors (Lipinski definition) is 1. The number of amides is 1. The molecule has 0 aliphatic carbocycles. The molecule has 0 aromatic rings. The van der Waals surface area contributed by atoms with Crippen LogP contribution in [0.4, 0.5) is 0 Å². The van der Waals surface area contributed by atoms with E-state index in [0.29, 0.717) is 12.1 Å². The van der Waals surface area contributed by atoms with E-state index in [2.05, 4.69) is 6.42 Å². The number of carbonyl (C=O) groups is 1. The second-order valence-corrected chi connectivity index (χ2v) is 3.20. The molecule has 2 saturated heterocycles. The van der Waals surface area contributed by atoms with Crippen molar-refractivity contribution in [2.75, 3.05) is 0 Å². The number of carbonyl (C=O) groups excluding carboxylic acids is 1. The zero-order chi connectivity index (χ0) is 6.97. The molecule has 0 aromatic carbocycles. The average Bonchev–Trinajstić information content (AvgIpc) is 2.19. The first-order chi connectivity index (χ1) is 4.92. The third-order valence-electron chi connectivity index (χ3n) is 2.68. The van der Waals surface area contributed by atoms with Gasteiger partial charge in [-0.15, -0.1) is 0 Å². The summed E-state index contributed by atoms with van der Waals surface area (Å²) in [6, 6.07) is 1.10. The van der Waals surface area contributed by atoms with Gasteiger partial charge in [-0.25, -0.2) is 0 Å². The SMILES string of the molecule is O=CN1C2C[CH]CC1CC2. The van der Waals surface area contributed by atoms with E-state index in [1.165, 1.54) is 12.8 Å². The molecule has 2 unspecified atom stereocenters. The van der Waals surface area contributed by atoms with E-state index in [4.69, 9.17) is 0 Å². The van der Waals surface area contributed by atoms with Crippen molar-refractivity contribution in [3.05, 3.63) is 6.42 Å². The predicted octanol–water partition coefficient (Wildman–Crippen LogP) is 0.974. The van der Waals surface area contributed by atoms with Crippen LogP contribution in [0.3, 0.4) is 0 Å². The summed E-state index contributed by atoms with van der Waals surface area (Å²) >= 11 is 0. The zero-order valence-electron chi connectivity index (χ0n) is 5.99. The molecule has 2 aliphatic heterocycles. The molecule has 0 N–H and O–H groups in total. The fraction of sp³-hybridized carbons (Fsp3) is 0.750. The minimum atomic E-state index is 0.552. The summed E-state index contributed by atoms with van der Waals surface area (Å²) < 4.78 is 0. The molecule has 0 aromatic heterocycles. The van der Waals surface area contributed by atoms with Crippen LogP contribution in [0, 0.1) is 6.42 Å². The van der Waals surface area contributed by atoms with Crippen LogP contribution in [0.2, 0.25) is 0 Å². The highest BCUT2D eigenvalue weighted by Gasteiger charge is 2.35. The monoisotopic (exact) mass is 138 g/mol. The van der Waals surface area contributed by atoms with Gasteiger partial charge in [-0.2, -0.15) is 0 Å². The van der Waals surface area contributed by atoms with Crippen molar-refractivity contribution in [1.29, 1.82) is 0 Å². The quantitative estimate of drug-likeness (QED) is 0.494. The number of rotatable bonds is 1. The van der Waals surface area contributed by atoms with Crippen LogP contribution >= 0.6 is 0 Å². The number of piperidine rings is 1. The molecule has 2 nitrogen and oxygen atoms in total. The maximum Gasteiger partial charge on any atom is 0.210 e. The summed E-state index contributed by atoms with van der Waals surface area (Å²) in [4.78, 5) is 12.5. The van der Waals surface area contributed by atoms with Gasteiger partial charge in [-0.1, -0.05) is 0 Å². The second-order valence-electron chi connectivity index (χ2n) is 3.20. The van der Waals surface area contributed by atoms with Crippen LogP contribution in [0.1, 0.15) is 25.7 Å². The van der Waals surface area contributed by atoms with Crippen LogP contribution in [-0.4, -0.2) is 23.4 Å². The maximum atomic E-state index is 10.5. The van der Waals surface area contributed by atoms with E-state index in [9.17, 15) is 4.79 Å². The molecule has 2 bridgehead atoms. The molecule has 1 amide bonds. The average molecular weight is 138 g/mol. The third-order valence-corrected chi connectivity index (χ3v) is 2.68. The van der Waals surface area contributed by atoms with Crippen molar-refractivity contribution in [3.63, 3.8) is 0 Å². The first-order valence-corrected chi connectivity index (χ1v) is 3.96. The number of hydrogen-bond donors (Lipinski definition) is 0. The van der Waals surface area contributed by atoms with Gasteiger partial charge in [0.05, 0.1) is 0 Å². The van der Waals surface area contributed by atoms with Crippen LogP contribution in [-0.2, 0) is 4.79 Å². The lowest BCUT2D eigenvalue weighted by molar-refractivity contribution is -0.121. The molecule has 55 valence electrons. The zero-order valence-corrected chi connectivity index (χ0v) is 5.99. The molecule has 2 aliphatic rings. The molecule has 1 radical (unpaired) electrons. The second kappa shape index (κ2) is 2.26. The van der Waals surface area contributed by atoms with Crippen molar-refractivity contribution in [1.82, 2.24) is 4.90 Å². The highest BCUT2D eigenvalue weighted by Crippen LogP contribution is 2.33. The Morgan fingerprint density at radius 3 is 2.30 bits per heavy atom. The highest BCUT2D eigenvalue weighted by atomic mass is 16.1. The minimum Gasteiger partial charge on any atom is -0.339 e. The number of nitrogens with zero attached hydrogens (tertiary/aromatic N) is 1. The van der Waals surface area contributed by atoms with Gasteiger partial charge in [-0.3, -0.25) is 4.79 Å². The Morgan fingerprint density at radius 2 is 1.90 bits per heavy atom. The molecule has 2 fully saturated rings. The molecule has 2 heteroatoms. The lowest BCUT2D eigenvalue weighted by Gasteiger charge is -2.30. The summed E-state index contributed by atoms with van der Waals surface area (Å²) in [5.41, 5.74) is 0. The van der Waals surface area contributed by atoms with Crippen molar-refractivity contribution < 1.29 is 4.79 Å². The van der Waals surface area contributed by atoms with Crippen molar-refractivity contribution >= 4 is 6.41 Å². The molecule has 2 heterocycles. The predicted molar refractivity (Wildman–Crippen MR) is 38.2 cm³/mol. The van der Waals surface area contributed by atoms with E-state index < -0.39 is 0 Å². The standard InChI is InChI=1S/C8H12NO/c10-6-9-7-2-1-3-8(9)5-4-7/h1,6-8H,2-5H2. The van der Waals surface area contributed by atoms with Gasteiger partial charge >= 0.3 is 0 Å². The largest absolute Gasteiger partial charge is 0.339 e. The molecule has 0 saturated carbocycles. The van der Waals surface area contributed by atoms with Gasteiger partial charge in [0.1, 0.15) is 0 Å². The lowest BCUT2D eigenvalue weighted by atomic mass is 10.0. The van der Waals surface area contributed by atoms with Crippen LogP contribution in [0.15, 0.2) is 0 Å². The van der Waals surface area contributed by atoms with E-state index in [0.717, 1.165) is 19.3 Å². The Balaban J connectivity index is 2.13. The van der Waals surface area contributed by atoms with Crippen LogP contribution in [0.25, 0.3) is 0 Å². The molecule has 0 spiro atoms. The van der Waals surface area contributed by atoms with Gasteiger partial charge in [-0.05, 0) is 32.1 Å². The molecular weight excluding hydrogens is 126 g/mol. The van der Waals surface area contributed by atoms with Crippen molar-refractivity contribution in [3.8, 4) is 0 Å².